The molecule has 0 fully saturated rings. The van der Waals surface area contributed by atoms with E-state index in [1.54, 1.807) is 0 Å². The summed E-state index contributed by atoms with van der Waals surface area (Å²) in [5.74, 6) is 0. The molecule has 2 aromatic heterocycles. The molecule has 2 rings (SSSR count). The molecule has 14 heavy (non-hydrogen) atoms. The number of hydrogen-bond acceptors (Lipinski definition) is 2. The van der Waals surface area contributed by atoms with Gasteiger partial charge in [0.25, 0.3) is 0 Å². The van der Waals surface area contributed by atoms with Crippen molar-refractivity contribution in [1.82, 2.24) is 14.8 Å². The van der Waals surface area contributed by atoms with E-state index in [2.05, 4.69) is 17.0 Å². The number of hydrogen-bond donors (Lipinski definition) is 0. The maximum Gasteiger partial charge on any atom is 0.0521 e. The Hall–Kier alpha value is -1.64. The smallest absolute Gasteiger partial charge is 0.0521 e. The lowest BCUT2D eigenvalue weighted by molar-refractivity contribution is 0.722. The number of aryl methyl sites for hydroxylation is 2. The van der Waals surface area contributed by atoms with Crippen LogP contribution in [0.15, 0.2) is 30.7 Å². The Labute approximate surface area is 83.4 Å². The average Bonchev–Trinajstić information content (AvgIpc) is 2.51. The Balaban J connectivity index is 2.27. The van der Waals surface area contributed by atoms with Crippen molar-refractivity contribution >= 4 is 0 Å². The fourth-order valence-electron chi connectivity index (χ4n) is 1.52. The molecule has 0 N–H and O–H groups in total. The Morgan fingerprint density at radius 3 is 2.57 bits per heavy atom. The zero-order chi connectivity index (χ0) is 9.97. The molecule has 0 unspecified atom stereocenters. The van der Waals surface area contributed by atoms with Crippen LogP contribution in [0.25, 0.3) is 0 Å². The molecular weight excluding hydrogens is 174 g/mol. The van der Waals surface area contributed by atoms with E-state index in [-0.39, 0.29) is 0 Å². The van der Waals surface area contributed by atoms with Crippen LogP contribution in [0, 0.1) is 6.92 Å². The summed E-state index contributed by atoms with van der Waals surface area (Å²) in [5, 5.41) is 4.21. The maximum atomic E-state index is 4.21. The van der Waals surface area contributed by atoms with Gasteiger partial charge in [0.15, 0.2) is 0 Å². The van der Waals surface area contributed by atoms with Gasteiger partial charge >= 0.3 is 0 Å². The van der Waals surface area contributed by atoms with Gasteiger partial charge in [-0.2, -0.15) is 5.10 Å². The van der Waals surface area contributed by atoms with Crippen LogP contribution in [-0.2, 0) is 13.5 Å². The fourth-order valence-corrected chi connectivity index (χ4v) is 1.52. The quantitative estimate of drug-likeness (QED) is 0.716. The molecule has 0 aliphatic rings. The molecule has 72 valence electrons. The molecule has 0 saturated heterocycles. The molecule has 2 heterocycles. The van der Waals surface area contributed by atoms with Crippen molar-refractivity contribution in [2.24, 2.45) is 7.05 Å². The number of nitrogens with zero attached hydrogens (tertiary/aromatic N) is 3. The standard InChI is InChI=1S/C11H13N3/c1-9-8-13-14(2)11(9)7-10-3-5-12-6-4-10/h3-6,8H,7H2,1-2H3. The van der Waals surface area contributed by atoms with E-state index < -0.39 is 0 Å². The van der Waals surface area contributed by atoms with Gasteiger partial charge in [0, 0.05) is 31.6 Å². The highest BCUT2D eigenvalue weighted by atomic mass is 15.3. The zero-order valence-corrected chi connectivity index (χ0v) is 8.44. The van der Waals surface area contributed by atoms with Crippen LogP contribution in [0.4, 0.5) is 0 Å². The second-order valence-electron chi connectivity index (χ2n) is 3.43. The van der Waals surface area contributed by atoms with Crippen molar-refractivity contribution in [3.05, 3.63) is 47.5 Å². The van der Waals surface area contributed by atoms with E-state index in [0.717, 1.165) is 6.42 Å². The third-order valence-electron chi connectivity index (χ3n) is 2.39. The average molecular weight is 187 g/mol. The largest absolute Gasteiger partial charge is 0.272 e. The summed E-state index contributed by atoms with van der Waals surface area (Å²) < 4.78 is 1.93. The van der Waals surface area contributed by atoms with Gasteiger partial charge in [-0.3, -0.25) is 9.67 Å². The van der Waals surface area contributed by atoms with Crippen molar-refractivity contribution in [3.63, 3.8) is 0 Å². The minimum atomic E-state index is 0.921. The van der Waals surface area contributed by atoms with Crippen LogP contribution in [0.2, 0.25) is 0 Å². The van der Waals surface area contributed by atoms with E-state index in [1.165, 1.54) is 16.8 Å². The first kappa shape index (κ1) is 8.94. The second-order valence-corrected chi connectivity index (χ2v) is 3.43. The molecule has 0 bridgehead atoms. The first-order valence-electron chi connectivity index (χ1n) is 4.64. The number of pyridine rings is 1. The van der Waals surface area contributed by atoms with Crippen LogP contribution >= 0.6 is 0 Å². The molecule has 2 aromatic rings. The molecule has 0 radical (unpaired) electrons. The third kappa shape index (κ3) is 1.66. The summed E-state index contributed by atoms with van der Waals surface area (Å²) in [7, 11) is 1.98. The van der Waals surface area contributed by atoms with Crippen molar-refractivity contribution < 1.29 is 0 Å². The van der Waals surface area contributed by atoms with Gasteiger partial charge in [-0.15, -0.1) is 0 Å². The fraction of sp³-hybridized carbons (Fsp3) is 0.273. The van der Waals surface area contributed by atoms with Crippen LogP contribution in [0.5, 0.6) is 0 Å². The highest BCUT2D eigenvalue weighted by Gasteiger charge is 2.04. The highest BCUT2D eigenvalue weighted by molar-refractivity contribution is 5.24. The predicted molar refractivity (Wildman–Crippen MR) is 55.0 cm³/mol. The summed E-state index contributed by atoms with van der Waals surface area (Å²) in [6.07, 6.45) is 6.46. The van der Waals surface area contributed by atoms with Crippen molar-refractivity contribution in [1.29, 1.82) is 0 Å². The van der Waals surface area contributed by atoms with E-state index in [0.29, 0.717) is 0 Å². The third-order valence-corrected chi connectivity index (χ3v) is 2.39. The molecule has 3 heteroatoms. The maximum absolute atomic E-state index is 4.21. The zero-order valence-electron chi connectivity index (χ0n) is 8.44. The van der Waals surface area contributed by atoms with Gasteiger partial charge in [0.2, 0.25) is 0 Å². The van der Waals surface area contributed by atoms with Crippen LogP contribution in [-0.4, -0.2) is 14.8 Å². The Morgan fingerprint density at radius 1 is 1.29 bits per heavy atom. The summed E-state index contributed by atoms with van der Waals surface area (Å²) in [6, 6.07) is 4.07. The monoisotopic (exact) mass is 187 g/mol. The van der Waals surface area contributed by atoms with Gasteiger partial charge < -0.3 is 0 Å². The van der Waals surface area contributed by atoms with Gasteiger partial charge in [-0.1, -0.05) is 0 Å². The molecule has 3 nitrogen and oxygen atoms in total. The van der Waals surface area contributed by atoms with Crippen molar-refractivity contribution in [2.45, 2.75) is 13.3 Å². The second kappa shape index (κ2) is 3.62. The van der Waals surface area contributed by atoms with Gasteiger partial charge in [0.1, 0.15) is 0 Å². The van der Waals surface area contributed by atoms with E-state index in [1.807, 2.05) is 42.5 Å². The lowest BCUT2D eigenvalue weighted by Gasteiger charge is -2.03. The van der Waals surface area contributed by atoms with Crippen LogP contribution in [0.3, 0.4) is 0 Å². The van der Waals surface area contributed by atoms with Crippen molar-refractivity contribution in [3.8, 4) is 0 Å². The molecular formula is C11H13N3. The summed E-state index contributed by atoms with van der Waals surface area (Å²) >= 11 is 0. The van der Waals surface area contributed by atoms with E-state index in [4.69, 9.17) is 0 Å². The summed E-state index contributed by atoms with van der Waals surface area (Å²) in [6.45, 7) is 2.09. The topological polar surface area (TPSA) is 30.7 Å². The number of rotatable bonds is 2. The first-order valence-corrected chi connectivity index (χ1v) is 4.64. The van der Waals surface area contributed by atoms with E-state index >= 15 is 0 Å². The molecule has 0 aromatic carbocycles. The Morgan fingerprint density at radius 2 is 2.00 bits per heavy atom. The van der Waals surface area contributed by atoms with Gasteiger partial charge in [0.05, 0.1) is 6.20 Å². The lowest BCUT2D eigenvalue weighted by Crippen LogP contribution is -2.00. The predicted octanol–water partition coefficient (Wildman–Crippen LogP) is 1.71. The normalized spacial score (nSPS) is 10.4. The van der Waals surface area contributed by atoms with E-state index in [9.17, 15) is 0 Å². The van der Waals surface area contributed by atoms with Crippen LogP contribution in [0.1, 0.15) is 16.8 Å². The van der Waals surface area contributed by atoms with Crippen molar-refractivity contribution in [2.75, 3.05) is 0 Å². The summed E-state index contributed by atoms with van der Waals surface area (Å²) in [4.78, 5) is 4.00. The molecule has 0 aliphatic heterocycles. The minimum Gasteiger partial charge on any atom is -0.272 e. The van der Waals surface area contributed by atoms with Gasteiger partial charge in [-0.25, -0.2) is 0 Å². The van der Waals surface area contributed by atoms with Crippen LogP contribution < -0.4 is 0 Å². The lowest BCUT2D eigenvalue weighted by atomic mass is 10.1. The Kier molecular flexibility index (Phi) is 2.31. The Bertz CT molecular complexity index is 398. The molecule has 0 aliphatic carbocycles. The highest BCUT2D eigenvalue weighted by Crippen LogP contribution is 2.11. The molecule has 0 atom stereocenters. The minimum absolute atomic E-state index is 0.921. The number of aromatic nitrogens is 3. The molecule has 0 saturated carbocycles. The summed E-state index contributed by atoms with van der Waals surface area (Å²) in [5.41, 5.74) is 3.77. The molecule has 0 amide bonds. The van der Waals surface area contributed by atoms with Gasteiger partial charge in [-0.05, 0) is 30.2 Å². The first-order chi connectivity index (χ1) is 6.77. The SMILES string of the molecule is Cc1cnn(C)c1Cc1ccncc1. The molecule has 0 spiro atoms.